The third kappa shape index (κ3) is 2.70. The van der Waals surface area contributed by atoms with Crippen LogP contribution in [0.25, 0.3) is 5.65 Å². The molecule has 7 nitrogen and oxygen atoms in total. The molecule has 0 radical (unpaired) electrons. The Morgan fingerprint density at radius 3 is 2.65 bits per heavy atom. The second-order valence-electron chi connectivity index (χ2n) is 4.92. The van der Waals surface area contributed by atoms with Crippen molar-refractivity contribution in [1.82, 2.24) is 9.38 Å². The number of nitriles is 1. The van der Waals surface area contributed by atoms with Gasteiger partial charge in [-0.15, -0.1) is 0 Å². The SMILES string of the molecule is COc1ccc(Cc2nc3ccc([N+](=O)[O-])cn3c2C#N)cc1. The van der Waals surface area contributed by atoms with Crippen molar-refractivity contribution < 1.29 is 9.66 Å². The molecule has 0 N–H and O–H groups in total. The summed E-state index contributed by atoms with van der Waals surface area (Å²) < 4.78 is 6.57. The summed E-state index contributed by atoms with van der Waals surface area (Å²) in [4.78, 5) is 14.8. The molecule has 0 aliphatic carbocycles. The van der Waals surface area contributed by atoms with E-state index in [0.29, 0.717) is 23.5 Å². The number of hydrogen-bond donors (Lipinski definition) is 0. The standard InChI is InChI=1S/C16H12N4O3/c1-23-13-5-2-11(3-6-13)8-14-15(9-17)19-10-12(20(21)22)4-7-16(19)18-14/h2-7,10H,8H2,1H3. The van der Waals surface area contributed by atoms with Crippen molar-refractivity contribution in [2.24, 2.45) is 0 Å². The fraction of sp³-hybridized carbons (Fsp3) is 0.125. The summed E-state index contributed by atoms with van der Waals surface area (Å²) in [5.74, 6) is 0.750. The topological polar surface area (TPSA) is 93.5 Å². The van der Waals surface area contributed by atoms with E-state index in [0.717, 1.165) is 11.3 Å². The third-order valence-corrected chi connectivity index (χ3v) is 3.52. The van der Waals surface area contributed by atoms with Crippen LogP contribution in [0.2, 0.25) is 0 Å². The van der Waals surface area contributed by atoms with E-state index in [4.69, 9.17) is 4.74 Å². The first-order valence-electron chi connectivity index (χ1n) is 6.81. The van der Waals surface area contributed by atoms with Crippen LogP contribution < -0.4 is 4.74 Å². The highest BCUT2D eigenvalue weighted by atomic mass is 16.6. The summed E-state index contributed by atoms with van der Waals surface area (Å²) in [6.07, 6.45) is 1.78. The minimum atomic E-state index is -0.496. The van der Waals surface area contributed by atoms with E-state index in [1.807, 2.05) is 24.3 Å². The summed E-state index contributed by atoms with van der Waals surface area (Å²) in [5.41, 5.74) is 2.29. The van der Waals surface area contributed by atoms with E-state index in [1.165, 1.54) is 22.7 Å². The van der Waals surface area contributed by atoms with E-state index >= 15 is 0 Å². The van der Waals surface area contributed by atoms with Gasteiger partial charge in [0.1, 0.15) is 23.2 Å². The van der Waals surface area contributed by atoms with Crippen LogP contribution >= 0.6 is 0 Å². The maximum atomic E-state index is 10.9. The highest BCUT2D eigenvalue weighted by Crippen LogP contribution is 2.20. The van der Waals surface area contributed by atoms with Gasteiger partial charge < -0.3 is 4.74 Å². The average molecular weight is 308 g/mol. The summed E-state index contributed by atoms with van der Waals surface area (Å²) in [5, 5.41) is 20.3. The maximum absolute atomic E-state index is 10.9. The molecule has 0 spiro atoms. The number of nitro groups is 1. The third-order valence-electron chi connectivity index (χ3n) is 3.52. The Morgan fingerprint density at radius 1 is 1.30 bits per heavy atom. The average Bonchev–Trinajstić information content (AvgIpc) is 2.91. The molecule has 3 rings (SSSR count). The van der Waals surface area contributed by atoms with Crippen LogP contribution in [-0.2, 0) is 6.42 Å². The largest absolute Gasteiger partial charge is 0.497 e. The van der Waals surface area contributed by atoms with Crippen molar-refractivity contribution in [3.8, 4) is 11.8 Å². The Kier molecular flexibility index (Phi) is 3.65. The number of benzene rings is 1. The molecule has 0 atom stereocenters. The number of hydrogen-bond acceptors (Lipinski definition) is 5. The minimum Gasteiger partial charge on any atom is -0.497 e. The predicted molar refractivity (Wildman–Crippen MR) is 82.4 cm³/mol. The Bertz CT molecular complexity index is 923. The van der Waals surface area contributed by atoms with Gasteiger partial charge in [0, 0.05) is 12.5 Å². The minimum absolute atomic E-state index is 0.0811. The Morgan fingerprint density at radius 2 is 2.04 bits per heavy atom. The van der Waals surface area contributed by atoms with Crippen LogP contribution in [0.1, 0.15) is 17.0 Å². The second kappa shape index (κ2) is 5.77. The van der Waals surface area contributed by atoms with E-state index in [9.17, 15) is 15.4 Å². The van der Waals surface area contributed by atoms with Gasteiger partial charge in [-0.05, 0) is 23.8 Å². The van der Waals surface area contributed by atoms with Gasteiger partial charge in [-0.1, -0.05) is 12.1 Å². The molecule has 0 saturated heterocycles. The van der Waals surface area contributed by atoms with Gasteiger partial charge in [-0.3, -0.25) is 14.5 Å². The first-order valence-corrected chi connectivity index (χ1v) is 6.81. The van der Waals surface area contributed by atoms with Gasteiger partial charge in [0.05, 0.1) is 23.9 Å². The molecule has 2 aromatic heterocycles. The molecule has 0 amide bonds. The Labute approximate surface area is 131 Å². The van der Waals surface area contributed by atoms with Crippen molar-refractivity contribution in [3.05, 3.63) is 69.7 Å². The van der Waals surface area contributed by atoms with Crippen molar-refractivity contribution in [1.29, 1.82) is 5.26 Å². The van der Waals surface area contributed by atoms with Crippen LogP contribution in [0.15, 0.2) is 42.6 Å². The first kappa shape index (κ1) is 14.5. The molecule has 0 unspecified atom stereocenters. The molecule has 1 aromatic carbocycles. The van der Waals surface area contributed by atoms with Crippen LogP contribution in [-0.4, -0.2) is 21.4 Å². The molecule has 2 heterocycles. The van der Waals surface area contributed by atoms with E-state index in [2.05, 4.69) is 11.1 Å². The molecule has 0 saturated carbocycles. The molecule has 0 bridgehead atoms. The fourth-order valence-electron chi connectivity index (χ4n) is 2.37. The van der Waals surface area contributed by atoms with E-state index in [1.54, 1.807) is 7.11 Å². The molecule has 0 aliphatic heterocycles. The zero-order chi connectivity index (χ0) is 16.4. The van der Waals surface area contributed by atoms with Gasteiger partial charge in [0.2, 0.25) is 0 Å². The van der Waals surface area contributed by atoms with Gasteiger partial charge in [-0.25, -0.2) is 4.98 Å². The molecule has 114 valence electrons. The van der Waals surface area contributed by atoms with Crippen molar-refractivity contribution in [2.75, 3.05) is 7.11 Å². The number of nitrogens with zero attached hydrogens (tertiary/aromatic N) is 4. The summed E-state index contributed by atoms with van der Waals surface area (Å²) in [6.45, 7) is 0. The molecule has 0 fully saturated rings. The van der Waals surface area contributed by atoms with E-state index < -0.39 is 4.92 Å². The molecular weight excluding hydrogens is 296 g/mol. The van der Waals surface area contributed by atoms with Crippen molar-refractivity contribution in [3.63, 3.8) is 0 Å². The molecule has 7 heteroatoms. The lowest BCUT2D eigenvalue weighted by atomic mass is 10.1. The lowest BCUT2D eigenvalue weighted by Crippen LogP contribution is -1.95. The van der Waals surface area contributed by atoms with Crippen LogP contribution in [0.3, 0.4) is 0 Å². The summed E-state index contributed by atoms with van der Waals surface area (Å²) in [7, 11) is 1.60. The Balaban J connectivity index is 2.03. The summed E-state index contributed by atoms with van der Waals surface area (Å²) in [6, 6.07) is 12.5. The number of fused-ring (bicyclic) bond motifs is 1. The Hall–Kier alpha value is -3.40. The van der Waals surface area contributed by atoms with Crippen LogP contribution in [0.5, 0.6) is 5.75 Å². The first-order chi connectivity index (χ1) is 11.1. The van der Waals surface area contributed by atoms with Crippen LogP contribution in [0.4, 0.5) is 5.69 Å². The lowest BCUT2D eigenvalue weighted by Gasteiger charge is -2.02. The highest BCUT2D eigenvalue weighted by Gasteiger charge is 2.15. The van der Waals surface area contributed by atoms with Gasteiger partial charge in [0.15, 0.2) is 0 Å². The monoisotopic (exact) mass is 308 g/mol. The highest BCUT2D eigenvalue weighted by molar-refractivity contribution is 5.51. The van der Waals surface area contributed by atoms with Gasteiger partial charge >= 0.3 is 0 Å². The lowest BCUT2D eigenvalue weighted by molar-refractivity contribution is -0.385. The van der Waals surface area contributed by atoms with Crippen LogP contribution in [0, 0.1) is 21.4 Å². The van der Waals surface area contributed by atoms with Gasteiger partial charge in [0.25, 0.3) is 5.69 Å². The number of pyridine rings is 1. The van der Waals surface area contributed by atoms with E-state index in [-0.39, 0.29) is 5.69 Å². The fourth-order valence-corrected chi connectivity index (χ4v) is 2.37. The second-order valence-corrected chi connectivity index (χ2v) is 4.92. The smallest absolute Gasteiger partial charge is 0.286 e. The summed E-state index contributed by atoms with van der Waals surface area (Å²) >= 11 is 0. The predicted octanol–water partition coefficient (Wildman–Crippen LogP) is 2.71. The maximum Gasteiger partial charge on any atom is 0.286 e. The number of methoxy groups -OCH3 is 1. The molecule has 23 heavy (non-hydrogen) atoms. The van der Waals surface area contributed by atoms with Gasteiger partial charge in [-0.2, -0.15) is 5.26 Å². The molecule has 0 aliphatic rings. The number of ether oxygens (including phenoxy) is 1. The quantitative estimate of drug-likeness (QED) is 0.545. The molecule has 3 aromatic rings. The number of imidazole rings is 1. The van der Waals surface area contributed by atoms with Crippen molar-refractivity contribution >= 4 is 11.3 Å². The molecular formula is C16H12N4O3. The zero-order valence-electron chi connectivity index (χ0n) is 12.3. The number of aromatic nitrogens is 2. The van der Waals surface area contributed by atoms with Crippen molar-refractivity contribution in [2.45, 2.75) is 6.42 Å². The normalized spacial score (nSPS) is 10.4. The zero-order valence-corrected chi connectivity index (χ0v) is 12.3. The number of rotatable bonds is 4.